The fourth-order valence-electron chi connectivity index (χ4n) is 2.99. The number of nitrogens with zero attached hydrogens (tertiary/aromatic N) is 3. The highest BCUT2D eigenvalue weighted by Gasteiger charge is 2.27. The largest absolute Gasteiger partial charge is 0.370 e. The molecular weight excluding hydrogens is 276 g/mol. The molecule has 2 aromatic rings. The van der Waals surface area contributed by atoms with E-state index in [0.717, 1.165) is 44.3 Å². The number of nitrogens with one attached hydrogen (secondary N) is 1. The summed E-state index contributed by atoms with van der Waals surface area (Å²) in [6.45, 7) is 3.50. The number of aromatic nitrogens is 3. The number of hydrogen-bond acceptors (Lipinski definition) is 4. The molecule has 0 unspecified atom stereocenters. The lowest BCUT2D eigenvalue weighted by Gasteiger charge is -2.22. The van der Waals surface area contributed by atoms with Crippen molar-refractivity contribution in [2.75, 3.05) is 13.2 Å². The number of hydrogen-bond donors (Lipinski definition) is 1. The van der Waals surface area contributed by atoms with Gasteiger partial charge in [0, 0.05) is 38.2 Å². The van der Waals surface area contributed by atoms with E-state index in [9.17, 15) is 0 Å². The molecule has 1 atom stereocenters. The van der Waals surface area contributed by atoms with Crippen LogP contribution in [0.25, 0.3) is 0 Å². The highest BCUT2D eigenvalue weighted by molar-refractivity contribution is 5.22. The quantitative estimate of drug-likeness (QED) is 0.887. The third-order valence-corrected chi connectivity index (χ3v) is 4.42. The molecule has 1 N–H and O–H groups in total. The zero-order valence-electron chi connectivity index (χ0n) is 12.7. The van der Waals surface area contributed by atoms with Gasteiger partial charge in [-0.25, -0.2) is 0 Å². The van der Waals surface area contributed by atoms with E-state index >= 15 is 0 Å². The van der Waals surface area contributed by atoms with E-state index in [0.29, 0.717) is 0 Å². The Morgan fingerprint density at radius 1 is 1.27 bits per heavy atom. The van der Waals surface area contributed by atoms with Gasteiger partial charge in [-0.05, 0) is 48.4 Å². The van der Waals surface area contributed by atoms with Gasteiger partial charge in [0.05, 0.1) is 12.3 Å². The first kappa shape index (κ1) is 13.9. The molecule has 0 bridgehead atoms. The van der Waals surface area contributed by atoms with E-state index in [4.69, 9.17) is 9.84 Å². The van der Waals surface area contributed by atoms with Gasteiger partial charge in [0.15, 0.2) is 0 Å². The molecule has 5 nitrogen and oxygen atoms in total. The molecule has 1 saturated carbocycles. The first-order valence-corrected chi connectivity index (χ1v) is 8.16. The second-order valence-electron chi connectivity index (χ2n) is 6.30. The summed E-state index contributed by atoms with van der Waals surface area (Å²) >= 11 is 0. The van der Waals surface area contributed by atoms with Crippen LogP contribution in [0.2, 0.25) is 0 Å². The van der Waals surface area contributed by atoms with E-state index in [1.807, 2.05) is 24.5 Å². The zero-order valence-corrected chi connectivity index (χ0v) is 12.7. The van der Waals surface area contributed by atoms with Crippen LogP contribution < -0.4 is 5.32 Å². The normalized spacial score (nSPS) is 20.8. The van der Waals surface area contributed by atoms with Crippen molar-refractivity contribution in [1.29, 1.82) is 0 Å². The first-order valence-electron chi connectivity index (χ1n) is 8.16. The van der Waals surface area contributed by atoms with Gasteiger partial charge < -0.3 is 10.1 Å². The maximum atomic E-state index is 5.93. The van der Waals surface area contributed by atoms with Crippen LogP contribution >= 0.6 is 0 Å². The van der Waals surface area contributed by atoms with Gasteiger partial charge in [-0.3, -0.25) is 9.67 Å². The minimum atomic E-state index is 0.0750. The number of rotatable bonds is 6. The number of ether oxygens (including phenoxy) is 1. The van der Waals surface area contributed by atoms with Crippen molar-refractivity contribution >= 4 is 0 Å². The lowest BCUT2D eigenvalue weighted by atomic mass is 10.1. The molecule has 1 aliphatic heterocycles. The minimum Gasteiger partial charge on any atom is -0.370 e. The molecule has 5 heteroatoms. The predicted molar refractivity (Wildman–Crippen MR) is 83.3 cm³/mol. The molecule has 0 aromatic carbocycles. The molecule has 2 aromatic heterocycles. The molecule has 4 rings (SSSR count). The SMILES string of the molecule is c1cc(CNC[C@@H]2OCCc3cn(CC4CC4)nc32)ccn1. The van der Waals surface area contributed by atoms with E-state index in [-0.39, 0.29) is 6.10 Å². The summed E-state index contributed by atoms with van der Waals surface area (Å²) < 4.78 is 8.06. The van der Waals surface area contributed by atoms with Crippen LogP contribution in [0, 0.1) is 5.92 Å². The summed E-state index contributed by atoms with van der Waals surface area (Å²) in [6.07, 6.45) is 9.66. The van der Waals surface area contributed by atoms with Gasteiger partial charge in [-0.15, -0.1) is 0 Å². The van der Waals surface area contributed by atoms with Crippen LogP contribution in [0.1, 0.15) is 35.8 Å². The monoisotopic (exact) mass is 298 g/mol. The zero-order chi connectivity index (χ0) is 14.8. The van der Waals surface area contributed by atoms with E-state index in [1.165, 1.54) is 24.0 Å². The average Bonchev–Trinajstić information content (AvgIpc) is 3.25. The topological polar surface area (TPSA) is 52.0 Å². The van der Waals surface area contributed by atoms with Gasteiger partial charge in [0.25, 0.3) is 0 Å². The highest BCUT2D eigenvalue weighted by Crippen LogP contribution is 2.32. The molecule has 0 spiro atoms. The predicted octanol–water partition coefficient (Wildman–Crippen LogP) is 2.09. The summed E-state index contributed by atoms with van der Waals surface area (Å²) in [5.41, 5.74) is 3.74. The van der Waals surface area contributed by atoms with Crippen LogP contribution in [0.3, 0.4) is 0 Å². The Balaban J connectivity index is 1.37. The second-order valence-corrected chi connectivity index (χ2v) is 6.30. The smallest absolute Gasteiger partial charge is 0.114 e. The van der Waals surface area contributed by atoms with Gasteiger partial charge in [-0.1, -0.05) is 0 Å². The molecule has 1 fully saturated rings. The summed E-state index contributed by atoms with van der Waals surface area (Å²) in [7, 11) is 0. The van der Waals surface area contributed by atoms with Gasteiger partial charge in [0.1, 0.15) is 6.10 Å². The summed E-state index contributed by atoms with van der Waals surface area (Å²) in [6, 6.07) is 4.06. The summed E-state index contributed by atoms with van der Waals surface area (Å²) in [5, 5.41) is 8.25. The number of fused-ring (bicyclic) bond motifs is 1. The van der Waals surface area contributed by atoms with Gasteiger partial charge in [-0.2, -0.15) is 5.10 Å². The third-order valence-electron chi connectivity index (χ3n) is 4.42. The van der Waals surface area contributed by atoms with Crippen LogP contribution in [0.15, 0.2) is 30.7 Å². The summed E-state index contributed by atoms with van der Waals surface area (Å²) in [4.78, 5) is 4.04. The molecule has 0 amide bonds. The maximum Gasteiger partial charge on any atom is 0.114 e. The van der Waals surface area contributed by atoms with Crippen molar-refractivity contribution in [3.05, 3.63) is 47.5 Å². The standard InChI is InChI=1S/C17H22N4O/c1-2-14(1)11-21-12-15-5-8-22-16(17(15)20-21)10-19-9-13-3-6-18-7-4-13/h3-4,6-7,12,14,16,19H,1-2,5,8-11H2/t16-/m0/s1. The summed E-state index contributed by atoms with van der Waals surface area (Å²) in [5.74, 6) is 0.852. The Bertz CT molecular complexity index is 621. The minimum absolute atomic E-state index is 0.0750. The highest BCUT2D eigenvalue weighted by atomic mass is 16.5. The number of pyridine rings is 1. The van der Waals surface area contributed by atoms with Crippen molar-refractivity contribution in [3.63, 3.8) is 0 Å². The fourth-order valence-corrected chi connectivity index (χ4v) is 2.99. The Morgan fingerprint density at radius 2 is 2.14 bits per heavy atom. The molecule has 22 heavy (non-hydrogen) atoms. The Kier molecular flexibility index (Phi) is 3.91. The van der Waals surface area contributed by atoms with Crippen molar-refractivity contribution < 1.29 is 4.74 Å². The first-order chi connectivity index (χ1) is 10.9. The Morgan fingerprint density at radius 3 is 2.95 bits per heavy atom. The molecular formula is C17H22N4O. The van der Waals surface area contributed by atoms with Gasteiger partial charge in [0.2, 0.25) is 0 Å². The van der Waals surface area contributed by atoms with Crippen molar-refractivity contribution in [3.8, 4) is 0 Å². The van der Waals surface area contributed by atoms with E-state index < -0.39 is 0 Å². The second kappa shape index (κ2) is 6.18. The molecule has 116 valence electrons. The molecule has 0 saturated heterocycles. The fraction of sp³-hybridized carbons (Fsp3) is 0.529. The average molecular weight is 298 g/mol. The Hall–Kier alpha value is -1.72. The van der Waals surface area contributed by atoms with Crippen LogP contribution in [-0.2, 0) is 24.2 Å². The van der Waals surface area contributed by atoms with Gasteiger partial charge >= 0.3 is 0 Å². The lowest BCUT2D eigenvalue weighted by molar-refractivity contribution is 0.0393. The molecule has 2 aliphatic rings. The van der Waals surface area contributed by atoms with Crippen molar-refractivity contribution in [2.45, 2.75) is 38.5 Å². The Labute approximate surface area is 130 Å². The van der Waals surface area contributed by atoms with Crippen molar-refractivity contribution in [1.82, 2.24) is 20.1 Å². The molecule has 1 aliphatic carbocycles. The molecule has 3 heterocycles. The van der Waals surface area contributed by atoms with Crippen LogP contribution in [0.5, 0.6) is 0 Å². The maximum absolute atomic E-state index is 5.93. The molecule has 0 radical (unpaired) electrons. The van der Waals surface area contributed by atoms with E-state index in [2.05, 4.69) is 21.2 Å². The third kappa shape index (κ3) is 3.20. The van der Waals surface area contributed by atoms with Crippen LogP contribution in [0.4, 0.5) is 0 Å². The van der Waals surface area contributed by atoms with Crippen LogP contribution in [-0.4, -0.2) is 27.9 Å². The van der Waals surface area contributed by atoms with Crippen molar-refractivity contribution in [2.24, 2.45) is 5.92 Å². The van der Waals surface area contributed by atoms with E-state index in [1.54, 1.807) is 0 Å². The lowest BCUT2D eigenvalue weighted by Crippen LogP contribution is -2.27.